The molecule has 21 heavy (non-hydrogen) atoms. The van der Waals surface area contributed by atoms with Gasteiger partial charge in [0.2, 0.25) is 0 Å². The summed E-state index contributed by atoms with van der Waals surface area (Å²) in [6.45, 7) is 0.820. The highest BCUT2D eigenvalue weighted by atomic mass is 19.4. The second-order valence-corrected chi connectivity index (χ2v) is 4.99. The Kier molecular flexibility index (Phi) is 3.88. The topological polar surface area (TPSA) is 88.5 Å². The van der Waals surface area contributed by atoms with Gasteiger partial charge in [-0.15, -0.1) is 0 Å². The number of hydrogen-bond acceptors (Lipinski definition) is 5. The average Bonchev–Trinajstić information content (AvgIpc) is 2.76. The smallest absolute Gasteiger partial charge is 0.490 e. The summed E-state index contributed by atoms with van der Waals surface area (Å²) in [5, 5.41) is 18.3. The summed E-state index contributed by atoms with van der Waals surface area (Å²) in [7, 11) is -1.65. The first-order valence-electron chi connectivity index (χ1n) is 6.01. The third-order valence-corrected chi connectivity index (χ3v) is 3.01. The van der Waals surface area contributed by atoms with Crippen molar-refractivity contribution in [3.63, 3.8) is 0 Å². The fourth-order valence-corrected chi connectivity index (χ4v) is 1.98. The van der Waals surface area contributed by atoms with E-state index in [1.54, 1.807) is 6.07 Å². The number of nitrogens with zero attached hydrogens (tertiary/aromatic N) is 1. The molecular weight excluding hydrogens is 288 g/mol. The van der Waals surface area contributed by atoms with E-state index in [2.05, 4.69) is 0 Å². The molecule has 0 radical (unpaired) electrons. The Morgan fingerprint density at radius 1 is 1.52 bits per heavy atom. The fraction of sp³-hybridized carbons (Fsp3) is 0.417. The maximum atomic E-state index is 13.2. The Labute approximate surface area is 119 Å². The summed E-state index contributed by atoms with van der Waals surface area (Å²) < 4.78 is 49.6. The molecule has 0 aliphatic carbocycles. The van der Waals surface area contributed by atoms with Crippen LogP contribution in [0.5, 0.6) is 5.75 Å². The van der Waals surface area contributed by atoms with Gasteiger partial charge < -0.3 is 20.1 Å². The van der Waals surface area contributed by atoms with Crippen LogP contribution >= 0.6 is 0 Å². The molecular formula is C12H12BF3N2O3. The average molecular weight is 300 g/mol. The maximum Gasteiger partial charge on any atom is 0.492 e. The van der Waals surface area contributed by atoms with Gasteiger partial charge in [0.15, 0.2) is 0 Å². The molecule has 1 atom stereocenters. The van der Waals surface area contributed by atoms with Gasteiger partial charge in [0.1, 0.15) is 17.9 Å². The molecule has 2 rings (SSSR count). The largest absolute Gasteiger partial charge is 0.492 e. The van der Waals surface area contributed by atoms with Crippen LogP contribution in [0.25, 0.3) is 0 Å². The normalized spacial score (nSPS) is 17.1. The second kappa shape index (κ2) is 5.22. The molecule has 0 saturated carbocycles. The molecule has 3 N–H and O–H groups in total. The minimum absolute atomic E-state index is 0.105. The minimum atomic E-state index is -4.73. The van der Waals surface area contributed by atoms with Crippen molar-refractivity contribution in [2.75, 3.05) is 6.61 Å². The van der Waals surface area contributed by atoms with E-state index in [1.807, 2.05) is 0 Å². The number of ether oxygens (including phenoxy) is 1. The molecule has 0 fully saturated rings. The van der Waals surface area contributed by atoms with E-state index in [0.29, 0.717) is 0 Å². The zero-order valence-electron chi connectivity index (χ0n) is 11.1. The van der Waals surface area contributed by atoms with Gasteiger partial charge in [-0.25, -0.2) is 0 Å². The number of halogens is 3. The minimum Gasteiger partial charge on any atom is -0.490 e. The second-order valence-electron chi connectivity index (χ2n) is 4.99. The highest BCUT2D eigenvalue weighted by Gasteiger charge is 2.44. The quantitative estimate of drug-likeness (QED) is 0.796. The molecule has 1 aliphatic heterocycles. The van der Waals surface area contributed by atoms with Crippen LogP contribution in [-0.4, -0.2) is 24.3 Å². The van der Waals surface area contributed by atoms with Gasteiger partial charge in [0.25, 0.3) is 0 Å². The van der Waals surface area contributed by atoms with E-state index in [1.165, 1.54) is 13.0 Å². The summed E-state index contributed by atoms with van der Waals surface area (Å²) in [6, 6.07) is 4.25. The Balaban J connectivity index is 2.43. The number of alkyl halides is 3. The summed E-state index contributed by atoms with van der Waals surface area (Å²) in [6.07, 6.45) is -4.73. The van der Waals surface area contributed by atoms with E-state index >= 15 is 0 Å². The Hall–Kier alpha value is -1.76. The van der Waals surface area contributed by atoms with Gasteiger partial charge in [-0.05, 0) is 18.6 Å². The zero-order valence-corrected chi connectivity index (χ0v) is 11.1. The van der Waals surface area contributed by atoms with Crippen LogP contribution in [0.15, 0.2) is 12.1 Å². The molecule has 1 aliphatic rings. The molecule has 1 aromatic rings. The molecule has 0 spiro atoms. The van der Waals surface area contributed by atoms with Gasteiger partial charge >= 0.3 is 13.3 Å². The standard InChI is InChI=1S/C12H12BF3N2O3/c1-11(18,5-17)6-20-8-3-2-7-4-21-13(19)10(7)9(8)12(14,15)16/h2-3,19H,4,6,18H2,1H3. The van der Waals surface area contributed by atoms with Crippen molar-refractivity contribution in [1.82, 2.24) is 0 Å². The van der Waals surface area contributed by atoms with Crippen LogP contribution in [-0.2, 0) is 17.4 Å². The van der Waals surface area contributed by atoms with Crippen molar-refractivity contribution in [2.24, 2.45) is 5.73 Å². The van der Waals surface area contributed by atoms with Crippen LogP contribution in [0.3, 0.4) is 0 Å². The van der Waals surface area contributed by atoms with Crippen molar-refractivity contribution in [3.8, 4) is 11.8 Å². The predicted molar refractivity (Wildman–Crippen MR) is 67.5 cm³/mol. The van der Waals surface area contributed by atoms with Crippen molar-refractivity contribution in [2.45, 2.75) is 25.2 Å². The van der Waals surface area contributed by atoms with Crippen molar-refractivity contribution < 1.29 is 27.6 Å². The van der Waals surface area contributed by atoms with E-state index in [-0.39, 0.29) is 17.6 Å². The predicted octanol–water partition coefficient (Wildman–Crippen LogP) is 0.543. The molecule has 0 saturated heterocycles. The number of rotatable bonds is 3. The lowest BCUT2D eigenvalue weighted by atomic mass is 9.75. The number of fused-ring (bicyclic) bond motifs is 1. The molecule has 0 amide bonds. The van der Waals surface area contributed by atoms with Crippen molar-refractivity contribution in [3.05, 3.63) is 23.3 Å². The molecule has 0 aromatic heterocycles. The first-order chi connectivity index (χ1) is 9.65. The van der Waals surface area contributed by atoms with Crippen LogP contribution in [0.4, 0.5) is 13.2 Å². The molecule has 0 bridgehead atoms. The number of hydrogen-bond donors (Lipinski definition) is 2. The van der Waals surface area contributed by atoms with Crippen molar-refractivity contribution in [1.29, 1.82) is 5.26 Å². The van der Waals surface area contributed by atoms with Crippen LogP contribution in [0.2, 0.25) is 0 Å². The van der Waals surface area contributed by atoms with Crippen LogP contribution < -0.4 is 15.9 Å². The van der Waals surface area contributed by atoms with E-state index in [4.69, 9.17) is 20.4 Å². The number of nitriles is 1. The summed E-state index contributed by atoms with van der Waals surface area (Å²) in [4.78, 5) is 0. The molecule has 9 heteroatoms. The highest BCUT2D eigenvalue weighted by molar-refractivity contribution is 6.62. The lowest BCUT2D eigenvalue weighted by Crippen LogP contribution is -2.41. The van der Waals surface area contributed by atoms with Crippen LogP contribution in [0, 0.1) is 11.3 Å². The van der Waals surface area contributed by atoms with E-state index in [9.17, 15) is 18.2 Å². The number of nitrogens with two attached hydrogens (primary N) is 1. The van der Waals surface area contributed by atoms with Gasteiger partial charge in [0, 0.05) is 5.46 Å². The fourth-order valence-electron chi connectivity index (χ4n) is 1.98. The SMILES string of the molecule is CC(N)(C#N)COc1ccc2c(c1C(F)(F)F)B(O)OC2. The maximum absolute atomic E-state index is 13.2. The third kappa shape index (κ3) is 3.13. The zero-order chi connectivity index (χ0) is 15.8. The number of benzene rings is 1. The molecule has 1 unspecified atom stereocenters. The lowest BCUT2D eigenvalue weighted by Gasteiger charge is -2.21. The van der Waals surface area contributed by atoms with Gasteiger partial charge in [-0.2, -0.15) is 18.4 Å². The summed E-state index contributed by atoms with van der Waals surface area (Å²) in [5.74, 6) is -0.488. The van der Waals surface area contributed by atoms with E-state index < -0.39 is 36.8 Å². The Bertz CT molecular complexity index is 599. The molecule has 1 heterocycles. The lowest BCUT2D eigenvalue weighted by molar-refractivity contribution is -0.138. The van der Waals surface area contributed by atoms with Crippen molar-refractivity contribution >= 4 is 12.6 Å². The van der Waals surface area contributed by atoms with E-state index in [0.717, 1.165) is 6.07 Å². The highest BCUT2D eigenvalue weighted by Crippen LogP contribution is 2.37. The van der Waals surface area contributed by atoms with Crippen LogP contribution in [0.1, 0.15) is 18.1 Å². The third-order valence-electron chi connectivity index (χ3n) is 3.01. The Morgan fingerprint density at radius 2 is 2.19 bits per heavy atom. The summed E-state index contributed by atoms with van der Waals surface area (Å²) in [5.41, 5.74) is 2.90. The van der Waals surface area contributed by atoms with Gasteiger partial charge in [-0.3, -0.25) is 0 Å². The van der Waals surface area contributed by atoms with Gasteiger partial charge in [-0.1, -0.05) is 6.07 Å². The molecule has 112 valence electrons. The first kappa shape index (κ1) is 15.6. The Morgan fingerprint density at radius 3 is 2.76 bits per heavy atom. The summed E-state index contributed by atoms with van der Waals surface area (Å²) >= 11 is 0. The molecule has 5 nitrogen and oxygen atoms in total. The van der Waals surface area contributed by atoms with Gasteiger partial charge in [0.05, 0.1) is 18.2 Å². The molecule has 1 aromatic carbocycles. The first-order valence-corrected chi connectivity index (χ1v) is 6.01. The monoisotopic (exact) mass is 300 g/mol.